The van der Waals surface area contributed by atoms with Gasteiger partial charge in [-0.15, -0.1) is 0 Å². The summed E-state index contributed by atoms with van der Waals surface area (Å²) in [6, 6.07) is 0. The van der Waals surface area contributed by atoms with E-state index in [1.807, 2.05) is 0 Å². The van der Waals surface area contributed by atoms with Gasteiger partial charge in [0.25, 0.3) is 0 Å². The molecule has 0 atom stereocenters. The number of carbonyl (C=O) groups is 1. The van der Waals surface area contributed by atoms with Gasteiger partial charge in [0.15, 0.2) is 0 Å². The summed E-state index contributed by atoms with van der Waals surface area (Å²) in [5, 5.41) is 21.1. The van der Waals surface area contributed by atoms with Crippen LogP contribution in [0.4, 0.5) is 0 Å². The molecule has 0 spiro atoms. The standard InChI is InChI=1S/C12H23NO3/c1-9(2)10-3-5-12(6-4-10,11(15)16)13-7-8-14/h9-10,13-14H,3-8H2,1-2H3,(H,15,16). The molecule has 0 aliphatic heterocycles. The van der Waals surface area contributed by atoms with Crippen molar-refractivity contribution in [3.63, 3.8) is 0 Å². The number of hydrogen-bond acceptors (Lipinski definition) is 3. The van der Waals surface area contributed by atoms with E-state index in [2.05, 4.69) is 19.2 Å². The Labute approximate surface area is 97.0 Å². The van der Waals surface area contributed by atoms with Crippen LogP contribution >= 0.6 is 0 Å². The van der Waals surface area contributed by atoms with Crippen LogP contribution in [0.5, 0.6) is 0 Å². The van der Waals surface area contributed by atoms with Crippen LogP contribution in [0.1, 0.15) is 39.5 Å². The second-order valence-corrected chi connectivity index (χ2v) is 5.12. The van der Waals surface area contributed by atoms with Crippen molar-refractivity contribution in [3.8, 4) is 0 Å². The molecule has 1 fully saturated rings. The molecule has 0 aromatic heterocycles. The first kappa shape index (κ1) is 13.5. The number of aliphatic carboxylic acids is 1. The summed E-state index contributed by atoms with van der Waals surface area (Å²) in [6.07, 6.45) is 3.27. The third-order valence-electron chi connectivity index (χ3n) is 3.81. The Bertz CT molecular complexity index is 232. The predicted octanol–water partition coefficient (Wildman–Crippen LogP) is 1.24. The number of aliphatic hydroxyl groups is 1. The summed E-state index contributed by atoms with van der Waals surface area (Å²) in [4.78, 5) is 11.3. The molecule has 4 nitrogen and oxygen atoms in total. The van der Waals surface area contributed by atoms with E-state index < -0.39 is 11.5 Å². The van der Waals surface area contributed by atoms with Gasteiger partial charge in [0, 0.05) is 6.54 Å². The SMILES string of the molecule is CC(C)C1CCC(NCCO)(C(=O)O)CC1. The van der Waals surface area contributed by atoms with Gasteiger partial charge in [-0.2, -0.15) is 0 Å². The summed E-state index contributed by atoms with van der Waals surface area (Å²) >= 11 is 0. The van der Waals surface area contributed by atoms with Crippen molar-refractivity contribution in [2.24, 2.45) is 11.8 Å². The van der Waals surface area contributed by atoms with Crippen LogP contribution in [0.2, 0.25) is 0 Å². The molecule has 4 heteroatoms. The van der Waals surface area contributed by atoms with Crippen molar-refractivity contribution in [1.82, 2.24) is 5.32 Å². The highest BCUT2D eigenvalue weighted by molar-refractivity contribution is 5.78. The van der Waals surface area contributed by atoms with Crippen LogP contribution in [-0.4, -0.2) is 34.9 Å². The smallest absolute Gasteiger partial charge is 0.323 e. The van der Waals surface area contributed by atoms with Crippen LogP contribution in [0.25, 0.3) is 0 Å². The average Bonchev–Trinajstić information content (AvgIpc) is 2.26. The number of rotatable bonds is 5. The molecular formula is C12H23NO3. The zero-order valence-electron chi connectivity index (χ0n) is 10.2. The Morgan fingerprint density at radius 1 is 1.44 bits per heavy atom. The first-order valence-corrected chi connectivity index (χ1v) is 6.11. The number of hydrogen-bond donors (Lipinski definition) is 3. The van der Waals surface area contributed by atoms with E-state index in [-0.39, 0.29) is 6.61 Å². The molecule has 16 heavy (non-hydrogen) atoms. The first-order valence-electron chi connectivity index (χ1n) is 6.11. The van der Waals surface area contributed by atoms with E-state index in [1.54, 1.807) is 0 Å². The van der Waals surface area contributed by atoms with Crippen molar-refractivity contribution < 1.29 is 15.0 Å². The number of carboxylic acid groups (broad SMARTS) is 1. The quantitative estimate of drug-likeness (QED) is 0.663. The second-order valence-electron chi connectivity index (χ2n) is 5.12. The van der Waals surface area contributed by atoms with Gasteiger partial charge in [0.05, 0.1) is 6.61 Å². The second kappa shape index (κ2) is 5.64. The Hall–Kier alpha value is -0.610. The van der Waals surface area contributed by atoms with E-state index in [0.29, 0.717) is 31.2 Å². The molecule has 1 rings (SSSR count). The molecule has 0 saturated heterocycles. The molecule has 1 aliphatic carbocycles. The normalized spacial score (nSPS) is 30.6. The molecule has 0 unspecified atom stereocenters. The number of nitrogens with one attached hydrogen (secondary N) is 1. The fraction of sp³-hybridized carbons (Fsp3) is 0.917. The van der Waals surface area contributed by atoms with Crippen molar-refractivity contribution in [2.75, 3.05) is 13.2 Å². The van der Waals surface area contributed by atoms with Crippen molar-refractivity contribution in [1.29, 1.82) is 0 Å². The Morgan fingerprint density at radius 2 is 2.00 bits per heavy atom. The van der Waals surface area contributed by atoms with Crippen LogP contribution in [-0.2, 0) is 4.79 Å². The number of β-amino-alcohol motifs (C(OH)–C–C–N with tert-alkyl or cyclic N) is 1. The summed E-state index contributed by atoms with van der Waals surface area (Å²) in [7, 11) is 0. The average molecular weight is 229 g/mol. The molecule has 94 valence electrons. The number of carboxylic acids is 1. The van der Waals surface area contributed by atoms with Crippen LogP contribution < -0.4 is 5.32 Å². The zero-order chi connectivity index (χ0) is 12.2. The Morgan fingerprint density at radius 3 is 2.38 bits per heavy atom. The maximum Gasteiger partial charge on any atom is 0.323 e. The summed E-state index contributed by atoms with van der Waals surface area (Å²) in [6.45, 7) is 4.74. The fourth-order valence-corrected chi connectivity index (χ4v) is 2.56. The third-order valence-corrected chi connectivity index (χ3v) is 3.81. The van der Waals surface area contributed by atoms with Gasteiger partial charge >= 0.3 is 5.97 Å². The maximum absolute atomic E-state index is 11.3. The fourth-order valence-electron chi connectivity index (χ4n) is 2.56. The van der Waals surface area contributed by atoms with Gasteiger partial charge < -0.3 is 10.2 Å². The highest BCUT2D eigenvalue weighted by Gasteiger charge is 2.41. The highest BCUT2D eigenvalue weighted by Crippen LogP contribution is 2.35. The lowest BCUT2D eigenvalue weighted by Crippen LogP contribution is -2.55. The molecular weight excluding hydrogens is 206 g/mol. The lowest BCUT2D eigenvalue weighted by Gasteiger charge is -2.38. The van der Waals surface area contributed by atoms with E-state index in [4.69, 9.17) is 5.11 Å². The highest BCUT2D eigenvalue weighted by atomic mass is 16.4. The molecule has 0 aromatic carbocycles. The maximum atomic E-state index is 11.3. The van der Waals surface area contributed by atoms with Gasteiger partial charge in [0.1, 0.15) is 5.54 Å². The number of aliphatic hydroxyl groups excluding tert-OH is 1. The van der Waals surface area contributed by atoms with Crippen molar-refractivity contribution in [3.05, 3.63) is 0 Å². The Balaban J connectivity index is 2.59. The van der Waals surface area contributed by atoms with E-state index >= 15 is 0 Å². The Kier molecular flexibility index (Phi) is 4.74. The minimum absolute atomic E-state index is 0.0113. The lowest BCUT2D eigenvalue weighted by molar-refractivity contribution is -0.147. The minimum Gasteiger partial charge on any atom is -0.480 e. The predicted molar refractivity (Wildman–Crippen MR) is 62.3 cm³/mol. The monoisotopic (exact) mass is 229 g/mol. The molecule has 0 aromatic rings. The molecule has 1 aliphatic rings. The van der Waals surface area contributed by atoms with E-state index in [1.165, 1.54) is 0 Å². The van der Waals surface area contributed by atoms with Gasteiger partial charge in [-0.3, -0.25) is 10.1 Å². The molecule has 1 saturated carbocycles. The molecule has 3 N–H and O–H groups in total. The molecule has 0 amide bonds. The summed E-state index contributed by atoms with van der Waals surface area (Å²) < 4.78 is 0. The summed E-state index contributed by atoms with van der Waals surface area (Å²) in [5.74, 6) is 0.496. The van der Waals surface area contributed by atoms with Gasteiger partial charge in [-0.25, -0.2) is 0 Å². The van der Waals surface area contributed by atoms with Crippen LogP contribution in [0.3, 0.4) is 0 Å². The van der Waals surface area contributed by atoms with Gasteiger partial charge in [-0.1, -0.05) is 13.8 Å². The van der Waals surface area contributed by atoms with Crippen LogP contribution in [0, 0.1) is 11.8 Å². The lowest BCUT2D eigenvalue weighted by atomic mass is 9.73. The van der Waals surface area contributed by atoms with Crippen molar-refractivity contribution >= 4 is 5.97 Å². The van der Waals surface area contributed by atoms with E-state index in [0.717, 1.165) is 12.8 Å². The van der Waals surface area contributed by atoms with Gasteiger partial charge in [0.2, 0.25) is 0 Å². The third kappa shape index (κ3) is 2.95. The van der Waals surface area contributed by atoms with Gasteiger partial charge in [-0.05, 0) is 37.5 Å². The van der Waals surface area contributed by atoms with Crippen molar-refractivity contribution in [2.45, 2.75) is 45.1 Å². The molecule has 0 heterocycles. The molecule has 0 radical (unpaired) electrons. The minimum atomic E-state index is -0.797. The molecule has 0 bridgehead atoms. The first-order chi connectivity index (χ1) is 7.52. The summed E-state index contributed by atoms with van der Waals surface area (Å²) in [5.41, 5.74) is -0.797. The van der Waals surface area contributed by atoms with Crippen LogP contribution in [0.15, 0.2) is 0 Å². The topological polar surface area (TPSA) is 69.6 Å². The van der Waals surface area contributed by atoms with E-state index in [9.17, 15) is 9.90 Å². The zero-order valence-corrected chi connectivity index (χ0v) is 10.2. The largest absolute Gasteiger partial charge is 0.480 e.